The highest BCUT2D eigenvalue weighted by Gasteiger charge is 2.16. The summed E-state index contributed by atoms with van der Waals surface area (Å²) in [5.41, 5.74) is 1.25. The van der Waals surface area contributed by atoms with Crippen molar-refractivity contribution in [3.63, 3.8) is 0 Å². The first-order valence-electron chi connectivity index (χ1n) is 5.47. The molecule has 0 saturated carbocycles. The molecule has 0 N–H and O–H groups in total. The van der Waals surface area contributed by atoms with Crippen molar-refractivity contribution < 1.29 is 19.1 Å². The van der Waals surface area contributed by atoms with E-state index in [9.17, 15) is 9.59 Å². The highest BCUT2D eigenvalue weighted by molar-refractivity contribution is 5.81. The first-order chi connectivity index (χ1) is 8.13. The molecule has 0 spiro atoms. The van der Waals surface area contributed by atoms with Crippen molar-refractivity contribution in [3.05, 3.63) is 23.3 Å². The Morgan fingerprint density at radius 1 is 1.41 bits per heavy atom. The lowest BCUT2D eigenvalue weighted by molar-refractivity contribution is -0.132. The second kappa shape index (κ2) is 6.03. The zero-order chi connectivity index (χ0) is 12.8. The fraction of sp³-hybridized carbons (Fsp3) is 0.385. The molecule has 0 radical (unpaired) electrons. The van der Waals surface area contributed by atoms with Crippen molar-refractivity contribution in [3.8, 4) is 11.5 Å². The van der Waals surface area contributed by atoms with Crippen molar-refractivity contribution in [2.24, 2.45) is 0 Å². The maximum Gasteiger partial charge on any atom is 0.308 e. The highest BCUT2D eigenvalue weighted by atomic mass is 16.6. The predicted octanol–water partition coefficient (Wildman–Crippen LogP) is 2.39. The first kappa shape index (κ1) is 13.2. The van der Waals surface area contributed by atoms with Crippen LogP contribution in [0.15, 0.2) is 12.1 Å². The summed E-state index contributed by atoms with van der Waals surface area (Å²) in [5.74, 6) is 0.393. The van der Waals surface area contributed by atoms with Gasteiger partial charge in [-0.05, 0) is 18.6 Å². The van der Waals surface area contributed by atoms with E-state index >= 15 is 0 Å². The van der Waals surface area contributed by atoms with Crippen LogP contribution >= 0.6 is 0 Å². The van der Waals surface area contributed by atoms with Gasteiger partial charge in [0.1, 0.15) is 6.29 Å². The zero-order valence-corrected chi connectivity index (χ0v) is 10.3. The molecule has 0 fully saturated rings. The third-order valence-corrected chi connectivity index (χ3v) is 2.35. The van der Waals surface area contributed by atoms with E-state index in [2.05, 4.69) is 0 Å². The zero-order valence-electron chi connectivity index (χ0n) is 10.3. The number of rotatable bonds is 5. The van der Waals surface area contributed by atoms with Gasteiger partial charge in [-0.1, -0.05) is 13.3 Å². The summed E-state index contributed by atoms with van der Waals surface area (Å²) in [6, 6.07) is 3.30. The van der Waals surface area contributed by atoms with Gasteiger partial charge in [0.2, 0.25) is 0 Å². The molecular formula is C13H16O4. The van der Waals surface area contributed by atoms with Crippen LogP contribution in [0.3, 0.4) is 0 Å². The molecule has 0 unspecified atom stereocenters. The number of benzene rings is 1. The van der Waals surface area contributed by atoms with Crippen molar-refractivity contribution in [1.29, 1.82) is 0 Å². The molecule has 92 valence electrons. The van der Waals surface area contributed by atoms with Gasteiger partial charge in [0.25, 0.3) is 0 Å². The van der Waals surface area contributed by atoms with Crippen LogP contribution in [-0.2, 0) is 11.2 Å². The normalized spacial score (nSPS) is 9.82. The molecule has 0 atom stereocenters. The maximum absolute atomic E-state index is 11.1. The van der Waals surface area contributed by atoms with Crippen molar-refractivity contribution in [2.75, 3.05) is 7.11 Å². The van der Waals surface area contributed by atoms with Gasteiger partial charge in [0.15, 0.2) is 11.5 Å². The fourth-order valence-electron chi connectivity index (χ4n) is 1.66. The van der Waals surface area contributed by atoms with Crippen molar-refractivity contribution in [1.82, 2.24) is 0 Å². The summed E-state index contributed by atoms with van der Waals surface area (Å²) >= 11 is 0. The van der Waals surface area contributed by atoms with Gasteiger partial charge in [0, 0.05) is 18.1 Å². The van der Waals surface area contributed by atoms with Gasteiger partial charge in [-0.2, -0.15) is 0 Å². The summed E-state index contributed by atoms with van der Waals surface area (Å²) in [7, 11) is 1.50. The van der Waals surface area contributed by atoms with E-state index in [1.807, 2.05) is 6.92 Å². The Labute approximate surface area is 101 Å². The molecule has 1 aromatic carbocycles. The van der Waals surface area contributed by atoms with Gasteiger partial charge in [-0.15, -0.1) is 0 Å². The molecule has 1 aromatic rings. The Kier molecular flexibility index (Phi) is 4.69. The highest BCUT2D eigenvalue weighted by Crippen LogP contribution is 2.34. The SMILES string of the molecule is CCCc1c(C=O)ccc(OC)c1OC(C)=O. The number of esters is 1. The van der Waals surface area contributed by atoms with Crippen LogP contribution < -0.4 is 9.47 Å². The van der Waals surface area contributed by atoms with Crippen LogP contribution in [0.1, 0.15) is 36.2 Å². The summed E-state index contributed by atoms with van der Waals surface area (Å²) in [5, 5.41) is 0. The molecule has 4 nitrogen and oxygen atoms in total. The first-order valence-corrected chi connectivity index (χ1v) is 5.47. The molecule has 0 saturated heterocycles. The minimum Gasteiger partial charge on any atom is -0.493 e. The minimum absolute atomic E-state index is 0.353. The molecule has 17 heavy (non-hydrogen) atoms. The second-order valence-electron chi connectivity index (χ2n) is 3.63. The van der Waals surface area contributed by atoms with E-state index in [0.717, 1.165) is 18.3 Å². The number of carbonyl (C=O) groups is 2. The van der Waals surface area contributed by atoms with Crippen LogP contribution in [0.4, 0.5) is 0 Å². The molecule has 4 heteroatoms. The summed E-state index contributed by atoms with van der Waals surface area (Å²) < 4.78 is 10.3. The quantitative estimate of drug-likeness (QED) is 0.447. The third-order valence-electron chi connectivity index (χ3n) is 2.35. The molecule has 0 aliphatic heterocycles. The van der Waals surface area contributed by atoms with Gasteiger partial charge >= 0.3 is 5.97 Å². The Balaban J connectivity index is 3.34. The summed E-state index contributed by atoms with van der Waals surface area (Å²) in [6.45, 7) is 3.31. The standard InChI is InChI=1S/C13H16O4/c1-4-5-11-10(8-14)6-7-12(16-3)13(11)17-9(2)15/h6-8H,4-5H2,1-3H3. The monoisotopic (exact) mass is 236 g/mol. The fourth-order valence-corrected chi connectivity index (χ4v) is 1.66. The Hall–Kier alpha value is -1.84. The van der Waals surface area contributed by atoms with E-state index in [0.29, 0.717) is 23.5 Å². The number of carbonyl (C=O) groups excluding carboxylic acids is 2. The van der Waals surface area contributed by atoms with E-state index in [-0.39, 0.29) is 0 Å². The lowest BCUT2D eigenvalue weighted by Crippen LogP contribution is -2.07. The number of hydrogen-bond donors (Lipinski definition) is 0. The third kappa shape index (κ3) is 3.06. The van der Waals surface area contributed by atoms with E-state index in [4.69, 9.17) is 9.47 Å². The van der Waals surface area contributed by atoms with Crippen LogP contribution in [0.2, 0.25) is 0 Å². The van der Waals surface area contributed by atoms with Crippen LogP contribution in [0, 0.1) is 0 Å². The van der Waals surface area contributed by atoms with Gasteiger partial charge < -0.3 is 9.47 Å². The van der Waals surface area contributed by atoms with E-state index < -0.39 is 5.97 Å². The van der Waals surface area contributed by atoms with Crippen LogP contribution in [0.5, 0.6) is 11.5 Å². The number of aldehydes is 1. The average Bonchev–Trinajstić information content (AvgIpc) is 2.30. The minimum atomic E-state index is -0.427. The Morgan fingerprint density at radius 3 is 2.59 bits per heavy atom. The molecule has 0 bridgehead atoms. The smallest absolute Gasteiger partial charge is 0.308 e. The summed E-state index contributed by atoms with van der Waals surface area (Å²) in [4.78, 5) is 22.0. The van der Waals surface area contributed by atoms with E-state index in [1.54, 1.807) is 12.1 Å². The largest absolute Gasteiger partial charge is 0.493 e. The maximum atomic E-state index is 11.1. The molecule has 0 aliphatic carbocycles. The topological polar surface area (TPSA) is 52.6 Å². The van der Waals surface area contributed by atoms with Crippen LogP contribution in [-0.4, -0.2) is 19.4 Å². The Bertz CT molecular complexity index is 424. The molecular weight excluding hydrogens is 220 g/mol. The molecule has 0 amide bonds. The second-order valence-corrected chi connectivity index (χ2v) is 3.63. The van der Waals surface area contributed by atoms with Crippen molar-refractivity contribution >= 4 is 12.3 Å². The average molecular weight is 236 g/mol. The van der Waals surface area contributed by atoms with Gasteiger partial charge in [-0.25, -0.2) is 0 Å². The molecule has 1 rings (SSSR count). The number of hydrogen-bond acceptors (Lipinski definition) is 4. The van der Waals surface area contributed by atoms with E-state index in [1.165, 1.54) is 14.0 Å². The summed E-state index contributed by atoms with van der Waals surface area (Å²) in [6.07, 6.45) is 2.27. The van der Waals surface area contributed by atoms with Crippen LogP contribution in [0.25, 0.3) is 0 Å². The van der Waals surface area contributed by atoms with Gasteiger partial charge in [0.05, 0.1) is 7.11 Å². The van der Waals surface area contributed by atoms with Crippen molar-refractivity contribution in [2.45, 2.75) is 26.7 Å². The Morgan fingerprint density at radius 2 is 2.12 bits per heavy atom. The molecule has 0 aliphatic rings. The van der Waals surface area contributed by atoms with Gasteiger partial charge in [-0.3, -0.25) is 9.59 Å². The lowest BCUT2D eigenvalue weighted by Gasteiger charge is -2.14. The number of ether oxygens (including phenoxy) is 2. The number of methoxy groups -OCH3 is 1. The molecule has 0 aromatic heterocycles. The predicted molar refractivity (Wildman–Crippen MR) is 63.7 cm³/mol. The molecule has 0 heterocycles. The lowest BCUT2D eigenvalue weighted by atomic mass is 10.0.